The quantitative estimate of drug-likeness (QED) is 0.714. The summed E-state index contributed by atoms with van der Waals surface area (Å²) in [5.41, 5.74) is 1.81. The second-order valence-corrected chi connectivity index (χ2v) is 4.37. The van der Waals surface area contributed by atoms with Gasteiger partial charge in [0.2, 0.25) is 0 Å². The van der Waals surface area contributed by atoms with Gasteiger partial charge in [-0.05, 0) is 20.3 Å². The molecule has 6 nitrogen and oxygen atoms in total. The van der Waals surface area contributed by atoms with Crippen LogP contribution in [0.15, 0.2) is 0 Å². The van der Waals surface area contributed by atoms with E-state index < -0.39 is 5.97 Å². The zero-order chi connectivity index (χ0) is 13.7. The molecule has 0 bridgehead atoms. The lowest BCUT2D eigenvalue weighted by atomic mass is 10.1. The van der Waals surface area contributed by atoms with Crippen LogP contribution in [0.25, 0.3) is 0 Å². The molecule has 1 amide bonds. The molecule has 1 unspecified atom stereocenters. The van der Waals surface area contributed by atoms with E-state index in [1.807, 2.05) is 6.92 Å². The first kappa shape index (κ1) is 14.2. The Morgan fingerprint density at radius 2 is 2.11 bits per heavy atom. The number of carbonyl (C=O) groups is 2. The van der Waals surface area contributed by atoms with E-state index in [4.69, 9.17) is 5.11 Å². The van der Waals surface area contributed by atoms with Gasteiger partial charge in [-0.1, -0.05) is 13.3 Å². The highest BCUT2D eigenvalue weighted by Gasteiger charge is 2.20. The van der Waals surface area contributed by atoms with Crippen LogP contribution in [0.3, 0.4) is 0 Å². The van der Waals surface area contributed by atoms with Crippen molar-refractivity contribution in [2.75, 3.05) is 0 Å². The highest BCUT2D eigenvalue weighted by Crippen LogP contribution is 2.11. The number of aliphatic carboxylic acids is 1. The molecule has 0 saturated carbocycles. The maximum Gasteiger partial charge on any atom is 0.305 e. The molecule has 1 rings (SSSR count). The number of rotatable bonds is 6. The molecule has 100 valence electrons. The molecule has 1 atom stereocenters. The average molecular weight is 253 g/mol. The molecular weight excluding hydrogens is 234 g/mol. The number of carbonyl (C=O) groups excluding carboxylic acids is 1. The van der Waals surface area contributed by atoms with Crippen molar-refractivity contribution in [3.8, 4) is 0 Å². The van der Waals surface area contributed by atoms with Gasteiger partial charge in [0.1, 0.15) is 0 Å². The molecular formula is C12H19N3O3. The number of H-pyrrole nitrogens is 1. The van der Waals surface area contributed by atoms with Gasteiger partial charge in [-0.15, -0.1) is 0 Å². The Balaban J connectivity index is 2.75. The lowest BCUT2D eigenvalue weighted by Gasteiger charge is -2.16. The number of aromatic amines is 1. The predicted molar refractivity (Wildman–Crippen MR) is 66.5 cm³/mol. The van der Waals surface area contributed by atoms with Gasteiger partial charge in [0.25, 0.3) is 5.91 Å². The average Bonchev–Trinajstić information content (AvgIpc) is 2.57. The minimum atomic E-state index is -0.908. The summed E-state index contributed by atoms with van der Waals surface area (Å²) in [5, 5.41) is 18.2. The summed E-state index contributed by atoms with van der Waals surface area (Å²) in [6.45, 7) is 5.46. The number of carboxylic acid groups (broad SMARTS) is 1. The van der Waals surface area contributed by atoms with Crippen LogP contribution in [0.4, 0.5) is 0 Å². The molecule has 0 spiro atoms. The third-order valence-electron chi connectivity index (χ3n) is 2.75. The number of aromatic nitrogens is 2. The number of amides is 1. The van der Waals surface area contributed by atoms with Gasteiger partial charge in [-0.2, -0.15) is 5.10 Å². The molecule has 0 radical (unpaired) electrons. The van der Waals surface area contributed by atoms with E-state index in [0.29, 0.717) is 23.4 Å². The van der Waals surface area contributed by atoms with Crippen LogP contribution in [-0.4, -0.2) is 33.2 Å². The van der Waals surface area contributed by atoms with E-state index in [0.717, 1.165) is 6.42 Å². The summed E-state index contributed by atoms with van der Waals surface area (Å²) in [6, 6.07) is -0.339. The number of aryl methyl sites for hydroxylation is 2. The topological polar surface area (TPSA) is 95.1 Å². The molecule has 0 saturated heterocycles. The zero-order valence-corrected chi connectivity index (χ0v) is 10.9. The van der Waals surface area contributed by atoms with Crippen LogP contribution in [0.2, 0.25) is 0 Å². The van der Waals surface area contributed by atoms with Crippen molar-refractivity contribution in [2.45, 2.75) is 46.1 Å². The Labute approximate surface area is 106 Å². The monoisotopic (exact) mass is 253 g/mol. The summed E-state index contributed by atoms with van der Waals surface area (Å²) in [5.74, 6) is -1.17. The molecule has 0 aromatic carbocycles. The molecule has 6 heteroatoms. The maximum atomic E-state index is 12.1. The maximum absolute atomic E-state index is 12.1. The molecule has 0 aliphatic heterocycles. The molecule has 18 heavy (non-hydrogen) atoms. The number of hydrogen-bond donors (Lipinski definition) is 3. The largest absolute Gasteiger partial charge is 0.481 e. The minimum absolute atomic E-state index is 0.0600. The van der Waals surface area contributed by atoms with Gasteiger partial charge < -0.3 is 10.4 Å². The summed E-state index contributed by atoms with van der Waals surface area (Å²) in [4.78, 5) is 22.8. The Kier molecular flexibility index (Phi) is 4.88. The van der Waals surface area contributed by atoms with Crippen molar-refractivity contribution in [2.24, 2.45) is 0 Å². The van der Waals surface area contributed by atoms with E-state index in [1.54, 1.807) is 13.8 Å². The van der Waals surface area contributed by atoms with Crippen LogP contribution in [-0.2, 0) is 4.79 Å². The van der Waals surface area contributed by atoms with Gasteiger partial charge in [0, 0.05) is 11.7 Å². The summed E-state index contributed by atoms with van der Waals surface area (Å²) >= 11 is 0. The molecule has 0 aliphatic rings. The van der Waals surface area contributed by atoms with Crippen LogP contribution in [0.5, 0.6) is 0 Å². The second-order valence-electron chi connectivity index (χ2n) is 4.37. The van der Waals surface area contributed by atoms with Crippen molar-refractivity contribution in [3.05, 3.63) is 17.0 Å². The van der Waals surface area contributed by atoms with Gasteiger partial charge in [-0.3, -0.25) is 14.7 Å². The Hall–Kier alpha value is -1.85. The molecule has 0 fully saturated rings. The fraction of sp³-hybridized carbons (Fsp3) is 0.583. The third kappa shape index (κ3) is 3.58. The van der Waals surface area contributed by atoms with Gasteiger partial charge >= 0.3 is 5.97 Å². The Bertz CT molecular complexity index is 420. The molecule has 1 heterocycles. The summed E-state index contributed by atoms with van der Waals surface area (Å²) in [6.07, 6.45) is 1.41. The molecule has 3 N–H and O–H groups in total. The summed E-state index contributed by atoms with van der Waals surface area (Å²) < 4.78 is 0. The lowest BCUT2D eigenvalue weighted by molar-refractivity contribution is -0.137. The van der Waals surface area contributed by atoms with Crippen molar-refractivity contribution in [3.63, 3.8) is 0 Å². The molecule has 1 aromatic rings. The highest BCUT2D eigenvalue weighted by atomic mass is 16.4. The van der Waals surface area contributed by atoms with Crippen molar-refractivity contribution >= 4 is 11.9 Å². The van der Waals surface area contributed by atoms with Crippen LogP contribution in [0.1, 0.15) is 47.9 Å². The summed E-state index contributed by atoms with van der Waals surface area (Å²) in [7, 11) is 0. The van der Waals surface area contributed by atoms with E-state index in [9.17, 15) is 9.59 Å². The second kappa shape index (κ2) is 6.18. The number of nitrogens with zero attached hydrogens (tertiary/aromatic N) is 1. The zero-order valence-electron chi connectivity index (χ0n) is 10.9. The van der Waals surface area contributed by atoms with Crippen molar-refractivity contribution < 1.29 is 14.7 Å². The van der Waals surface area contributed by atoms with Gasteiger partial charge in [0.05, 0.1) is 17.7 Å². The SMILES string of the molecule is CCCC(CC(=O)O)NC(=O)c1c(C)n[nH]c1C. The first-order chi connectivity index (χ1) is 8.45. The molecule has 0 aliphatic carbocycles. The number of nitrogens with one attached hydrogen (secondary N) is 2. The van der Waals surface area contributed by atoms with Crippen LogP contribution >= 0.6 is 0 Å². The van der Waals surface area contributed by atoms with Crippen LogP contribution < -0.4 is 5.32 Å². The fourth-order valence-corrected chi connectivity index (χ4v) is 1.93. The number of hydrogen-bond acceptors (Lipinski definition) is 3. The van der Waals surface area contributed by atoms with E-state index in [-0.39, 0.29) is 18.4 Å². The standard InChI is InChI=1S/C12H19N3O3/c1-4-5-9(6-10(16)17)13-12(18)11-7(2)14-15-8(11)3/h9H,4-6H2,1-3H3,(H,13,18)(H,14,15)(H,16,17). The first-order valence-electron chi connectivity index (χ1n) is 5.99. The normalized spacial score (nSPS) is 12.2. The molecule has 1 aromatic heterocycles. The predicted octanol–water partition coefficient (Wildman–Crippen LogP) is 1.40. The lowest BCUT2D eigenvalue weighted by Crippen LogP contribution is -2.36. The van der Waals surface area contributed by atoms with Crippen molar-refractivity contribution in [1.29, 1.82) is 0 Å². The van der Waals surface area contributed by atoms with E-state index >= 15 is 0 Å². The fourth-order valence-electron chi connectivity index (χ4n) is 1.93. The van der Waals surface area contributed by atoms with E-state index in [2.05, 4.69) is 15.5 Å². The van der Waals surface area contributed by atoms with Gasteiger partial charge in [-0.25, -0.2) is 0 Å². The highest BCUT2D eigenvalue weighted by molar-refractivity contribution is 5.96. The Morgan fingerprint density at radius 1 is 1.44 bits per heavy atom. The minimum Gasteiger partial charge on any atom is -0.481 e. The Morgan fingerprint density at radius 3 is 2.56 bits per heavy atom. The van der Waals surface area contributed by atoms with E-state index in [1.165, 1.54) is 0 Å². The first-order valence-corrected chi connectivity index (χ1v) is 5.99. The smallest absolute Gasteiger partial charge is 0.305 e. The third-order valence-corrected chi connectivity index (χ3v) is 2.75. The van der Waals surface area contributed by atoms with Crippen molar-refractivity contribution in [1.82, 2.24) is 15.5 Å². The van der Waals surface area contributed by atoms with Crippen LogP contribution in [0, 0.1) is 13.8 Å². The number of carboxylic acids is 1. The van der Waals surface area contributed by atoms with Gasteiger partial charge in [0.15, 0.2) is 0 Å².